The summed E-state index contributed by atoms with van der Waals surface area (Å²) in [5.41, 5.74) is 1.60. The molecule has 27 heavy (non-hydrogen) atoms. The van der Waals surface area contributed by atoms with E-state index >= 15 is 0 Å². The molecule has 0 heterocycles. The molecule has 0 aromatic heterocycles. The van der Waals surface area contributed by atoms with Gasteiger partial charge in [-0.1, -0.05) is 0 Å². The Balaban J connectivity index is 2.94. The molecule has 0 aliphatic rings. The summed E-state index contributed by atoms with van der Waals surface area (Å²) in [7, 11) is 0. The number of rotatable bonds is 17. The van der Waals surface area contributed by atoms with Gasteiger partial charge in [0.25, 0.3) is 0 Å². The van der Waals surface area contributed by atoms with Crippen molar-refractivity contribution >= 4 is 26.3 Å². The van der Waals surface area contributed by atoms with Gasteiger partial charge in [-0.2, -0.15) is 0 Å². The van der Waals surface area contributed by atoms with E-state index in [1.807, 2.05) is 0 Å². The Morgan fingerprint density at radius 1 is 0.593 bits per heavy atom. The Kier molecular flexibility index (Phi) is 13.5. The zero-order valence-electron chi connectivity index (χ0n) is 18.5. The van der Waals surface area contributed by atoms with Crippen LogP contribution in [-0.4, -0.2) is 18.5 Å². The average Bonchev–Trinajstić information content (AvgIpc) is 2.67. The topological polar surface area (TPSA) is 0 Å². The Morgan fingerprint density at radius 3 is 1.37 bits per heavy atom. The third-order valence-electron chi connectivity index (χ3n) is 6.13. The molecular weight excluding hydrogens is 458 g/mol. The van der Waals surface area contributed by atoms with Crippen LogP contribution in [0.25, 0.3) is 0 Å². The van der Waals surface area contributed by atoms with Gasteiger partial charge in [-0.15, -0.1) is 0 Å². The number of hydrogen-bond donors (Lipinski definition) is 0. The first kappa shape index (κ1) is 25.4. The summed E-state index contributed by atoms with van der Waals surface area (Å²) in [5.74, 6) is 0. The average molecular weight is 505 g/mol. The SMILES string of the molecule is CCCCCCP(I)(CCCCCC)(CCCCCC)Cc1ccccc1. The summed E-state index contributed by atoms with van der Waals surface area (Å²) in [6.45, 7) is 7.01. The van der Waals surface area contributed by atoms with Gasteiger partial charge in [0, 0.05) is 0 Å². The van der Waals surface area contributed by atoms with E-state index in [1.165, 1.54) is 102 Å². The van der Waals surface area contributed by atoms with Gasteiger partial charge < -0.3 is 0 Å². The fourth-order valence-electron chi connectivity index (χ4n) is 4.41. The second-order valence-corrected chi connectivity index (χ2v) is 22.3. The standard InChI is InChI=1S/C25H46IP/c1-4-7-10-16-21-27(26,22-17-11-8-5-2,23-18-12-9-6-3)24-25-19-14-13-15-20-25/h13-15,19-20H,4-12,16-18,21-24H2,1-3H3. The second kappa shape index (κ2) is 14.4. The fraction of sp³-hybridized carbons (Fsp3) is 0.760. The minimum atomic E-state index is -1.71. The van der Waals surface area contributed by atoms with E-state index < -0.39 is 4.25 Å². The number of unbranched alkanes of at least 4 members (excludes halogenated alkanes) is 9. The molecule has 0 aliphatic heterocycles. The molecule has 1 aromatic rings. The van der Waals surface area contributed by atoms with Gasteiger partial charge in [-0.3, -0.25) is 0 Å². The van der Waals surface area contributed by atoms with Crippen LogP contribution < -0.4 is 0 Å². The molecule has 0 nitrogen and oxygen atoms in total. The maximum atomic E-state index is 3.10. The maximum absolute atomic E-state index is 3.10. The molecule has 0 N–H and O–H groups in total. The van der Waals surface area contributed by atoms with Crippen LogP contribution in [0, 0.1) is 0 Å². The van der Waals surface area contributed by atoms with E-state index in [4.69, 9.17) is 0 Å². The summed E-state index contributed by atoms with van der Waals surface area (Å²) in [6.07, 6.45) is 23.0. The van der Waals surface area contributed by atoms with Gasteiger partial charge in [0.1, 0.15) is 0 Å². The third kappa shape index (κ3) is 10.6. The van der Waals surface area contributed by atoms with E-state index in [0.717, 1.165) is 0 Å². The van der Waals surface area contributed by atoms with Gasteiger partial charge >= 0.3 is 185 Å². The normalized spacial score (nSPS) is 13.4. The van der Waals surface area contributed by atoms with E-state index in [9.17, 15) is 0 Å². The molecule has 158 valence electrons. The van der Waals surface area contributed by atoms with E-state index in [-0.39, 0.29) is 0 Å². The van der Waals surface area contributed by atoms with Gasteiger partial charge in [-0.05, 0) is 0 Å². The van der Waals surface area contributed by atoms with Crippen molar-refractivity contribution in [2.24, 2.45) is 0 Å². The van der Waals surface area contributed by atoms with Crippen LogP contribution in [-0.2, 0) is 6.16 Å². The number of halogens is 1. The van der Waals surface area contributed by atoms with Crippen LogP contribution in [0.15, 0.2) is 30.3 Å². The van der Waals surface area contributed by atoms with Gasteiger partial charge in [0.15, 0.2) is 0 Å². The van der Waals surface area contributed by atoms with Crippen molar-refractivity contribution in [2.45, 2.75) is 104 Å². The van der Waals surface area contributed by atoms with Gasteiger partial charge in [0.05, 0.1) is 0 Å². The first-order valence-corrected chi connectivity index (χ1v) is 17.6. The molecule has 0 amide bonds. The fourth-order valence-corrected chi connectivity index (χ4v) is 14.0. The van der Waals surface area contributed by atoms with Crippen molar-refractivity contribution in [1.29, 1.82) is 0 Å². The Morgan fingerprint density at radius 2 is 1.00 bits per heavy atom. The summed E-state index contributed by atoms with van der Waals surface area (Å²) >= 11 is 3.10. The third-order valence-corrected chi connectivity index (χ3v) is 17.0. The molecule has 0 bridgehead atoms. The van der Waals surface area contributed by atoms with E-state index in [1.54, 1.807) is 5.56 Å². The predicted octanol–water partition coefficient (Wildman–Crippen LogP) is 9.83. The molecule has 0 atom stereocenters. The molecule has 0 radical (unpaired) electrons. The first-order valence-electron chi connectivity index (χ1n) is 11.8. The van der Waals surface area contributed by atoms with Gasteiger partial charge in [0.2, 0.25) is 0 Å². The summed E-state index contributed by atoms with van der Waals surface area (Å²) in [4.78, 5) is 0. The van der Waals surface area contributed by atoms with Crippen molar-refractivity contribution in [3.05, 3.63) is 35.9 Å². The zero-order valence-corrected chi connectivity index (χ0v) is 21.6. The number of hydrogen-bond acceptors (Lipinski definition) is 0. The summed E-state index contributed by atoms with van der Waals surface area (Å²) in [6, 6.07) is 11.5. The molecule has 1 rings (SSSR count). The van der Waals surface area contributed by atoms with Crippen LogP contribution in [0.4, 0.5) is 0 Å². The monoisotopic (exact) mass is 504 g/mol. The van der Waals surface area contributed by atoms with Crippen LogP contribution in [0.1, 0.15) is 103 Å². The first-order chi connectivity index (χ1) is 13.1. The van der Waals surface area contributed by atoms with E-state index in [0.29, 0.717) is 0 Å². The van der Waals surface area contributed by atoms with Crippen LogP contribution in [0.2, 0.25) is 0 Å². The van der Waals surface area contributed by atoms with Crippen molar-refractivity contribution < 1.29 is 0 Å². The zero-order chi connectivity index (χ0) is 19.9. The quantitative estimate of drug-likeness (QED) is 0.113. The van der Waals surface area contributed by atoms with Crippen LogP contribution in [0.5, 0.6) is 0 Å². The Bertz CT molecular complexity index is 436. The molecule has 0 saturated heterocycles. The molecule has 2 heteroatoms. The molecule has 0 aliphatic carbocycles. The number of benzene rings is 1. The Hall–Kier alpha value is 0.380. The summed E-state index contributed by atoms with van der Waals surface area (Å²) < 4.78 is -1.71. The van der Waals surface area contributed by atoms with Crippen molar-refractivity contribution in [3.8, 4) is 0 Å². The van der Waals surface area contributed by atoms with Gasteiger partial charge in [-0.25, -0.2) is 0 Å². The predicted molar refractivity (Wildman–Crippen MR) is 138 cm³/mol. The van der Waals surface area contributed by atoms with Crippen LogP contribution >= 0.6 is 26.3 Å². The second-order valence-electron chi connectivity index (χ2n) is 8.82. The van der Waals surface area contributed by atoms with Crippen molar-refractivity contribution in [2.75, 3.05) is 18.5 Å². The van der Waals surface area contributed by atoms with Crippen molar-refractivity contribution in [3.63, 3.8) is 0 Å². The van der Waals surface area contributed by atoms with Crippen molar-refractivity contribution in [1.82, 2.24) is 0 Å². The molecule has 0 fully saturated rings. The molecule has 1 aromatic carbocycles. The molecule has 0 saturated carbocycles. The minimum absolute atomic E-state index is 1.35. The Labute approximate surface area is 184 Å². The molecular formula is C25H46IP. The van der Waals surface area contributed by atoms with Crippen LogP contribution in [0.3, 0.4) is 0 Å². The molecule has 0 spiro atoms. The van der Waals surface area contributed by atoms with E-state index in [2.05, 4.69) is 73.1 Å². The molecule has 0 unspecified atom stereocenters. The summed E-state index contributed by atoms with van der Waals surface area (Å²) in [5, 5.41) is 0.